The van der Waals surface area contributed by atoms with E-state index in [2.05, 4.69) is 58.0 Å². The number of guanidine groups is 1. The Labute approximate surface area is 150 Å². The van der Waals surface area contributed by atoms with Crippen LogP contribution in [-0.4, -0.2) is 31.1 Å². The van der Waals surface area contributed by atoms with Crippen molar-refractivity contribution in [2.24, 2.45) is 4.99 Å². The van der Waals surface area contributed by atoms with Gasteiger partial charge < -0.3 is 15.6 Å². The first-order valence-electron chi connectivity index (χ1n) is 7.84. The third kappa shape index (κ3) is 5.51. The Morgan fingerprint density at radius 3 is 2.59 bits per heavy atom. The number of nitrogens with one attached hydrogen (secondary N) is 3. The molecule has 5 heteroatoms. The third-order valence-corrected chi connectivity index (χ3v) is 3.64. The number of aliphatic imine (C=N–C) groups is 1. The van der Waals surface area contributed by atoms with Crippen LogP contribution in [-0.2, 0) is 6.42 Å². The average Bonchev–Trinajstić information content (AvgIpc) is 2.93. The third-order valence-electron chi connectivity index (χ3n) is 3.64. The molecule has 22 heavy (non-hydrogen) atoms. The van der Waals surface area contributed by atoms with Gasteiger partial charge in [0.2, 0.25) is 0 Å². The summed E-state index contributed by atoms with van der Waals surface area (Å²) in [7, 11) is 1.82. The molecule has 3 N–H and O–H groups in total. The number of aromatic amines is 1. The van der Waals surface area contributed by atoms with Crippen LogP contribution < -0.4 is 10.6 Å². The highest BCUT2D eigenvalue weighted by atomic mass is 127. The zero-order valence-electron chi connectivity index (χ0n) is 13.5. The van der Waals surface area contributed by atoms with Gasteiger partial charge in [-0.15, -0.1) is 24.0 Å². The summed E-state index contributed by atoms with van der Waals surface area (Å²) >= 11 is 0. The molecule has 0 fully saturated rings. The predicted octanol–water partition coefficient (Wildman–Crippen LogP) is 3.68. The summed E-state index contributed by atoms with van der Waals surface area (Å²) in [4.78, 5) is 7.56. The Morgan fingerprint density at radius 1 is 1.14 bits per heavy atom. The number of nitrogens with zero attached hydrogens (tertiary/aromatic N) is 1. The second kappa shape index (κ2) is 10.5. The lowest BCUT2D eigenvalue weighted by Crippen LogP contribution is -2.38. The molecule has 0 aliphatic carbocycles. The van der Waals surface area contributed by atoms with Crippen LogP contribution in [0.4, 0.5) is 0 Å². The number of rotatable bonds is 7. The van der Waals surface area contributed by atoms with Crippen molar-refractivity contribution in [2.45, 2.75) is 32.6 Å². The van der Waals surface area contributed by atoms with Crippen LogP contribution in [0.5, 0.6) is 0 Å². The molecule has 0 aliphatic rings. The normalized spacial score (nSPS) is 11.3. The van der Waals surface area contributed by atoms with Crippen molar-refractivity contribution in [2.75, 3.05) is 20.1 Å². The molecule has 0 radical (unpaired) electrons. The Balaban J connectivity index is 0.00000242. The number of hydrogen-bond acceptors (Lipinski definition) is 1. The van der Waals surface area contributed by atoms with Gasteiger partial charge >= 0.3 is 0 Å². The van der Waals surface area contributed by atoms with E-state index in [0.717, 1.165) is 31.9 Å². The van der Waals surface area contributed by atoms with Crippen LogP contribution in [0.25, 0.3) is 10.9 Å². The number of aromatic nitrogens is 1. The lowest BCUT2D eigenvalue weighted by molar-refractivity contribution is 0.711. The van der Waals surface area contributed by atoms with Gasteiger partial charge in [0, 0.05) is 37.2 Å². The minimum absolute atomic E-state index is 0. The summed E-state index contributed by atoms with van der Waals surface area (Å²) in [6.07, 6.45) is 6.67. The van der Waals surface area contributed by atoms with E-state index in [4.69, 9.17) is 0 Å². The van der Waals surface area contributed by atoms with E-state index in [0.29, 0.717) is 0 Å². The average molecular weight is 414 g/mol. The van der Waals surface area contributed by atoms with Crippen LogP contribution in [0.15, 0.2) is 35.5 Å². The molecule has 0 amide bonds. The minimum atomic E-state index is 0. The van der Waals surface area contributed by atoms with Gasteiger partial charge in [-0.3, -0.25) is 4.99 Å². The molecule has 1 aromatic heterocycles. The molecule has 2 aromatic rings. The molecule has 122 valence electrons. The Morgan fingerprint density at radius 2 is 1.86 bits per heavy atom. The summed E-state index contributed by atoms with van der Waals surface area (Å²) in [5.41, 5.74) is 2.61. The highest BCUT2D eigenvalue weighted by molar-refractivity contribution is 14.0. The fourth-order valence-electron chi connectivity index (χ4n) is 2.43. The molecule has 0 bridgehead atoms. The largest absolute Gasteiger partial charge is 0.361 e. The first-order valence-corrected chi connectivity index (χ1v) is 7.84. The van der Waals surface area contributed by atoms with Crippen LogP contribution in [0, 0.1) is 0 Å². The van der Waals surface area contributed by atoms with Gasteiger partial charge in [-0.1, -0.05) is 31.5 Å². The molecule has 1 heterocycles. The number of halogens is 1. The van der Waals surface area contributed by atoms with Crippen molar-refractivity contribution in [1.82, 2.24) is 15.6 Å². The summed E-state index contributed by atoms with van der Waals surface area (Å²) in [5, 5.41) is 8.03. The van der Waals surface area contributed by atoms with Gasteiger partial charge in [0.15, 0.2) is 5.96 Å². The number of unbranched alkanes of at least 4 members (excludes halogenated alkanes) is 1. The maximum atomic E-state index is 4.23. The van der Waals surface area contributed by atoms with Gasteiger partial charge in [-0.2, -0.15) is 0 Å². The van der Waals surface area contributed by atoms with E-state index in [-0.39, 0.29) is 24.0 Å². The lowest BCUT2D eigenvalue weighted by atomic mass is 10.1. The number of fused-ring (bicyclic) bond motifs is 1. The van der Waals surface area contributed by atoms with Crippen molar-refractivity contribution in [3.63, 3.8) is 0 Å². The maximum Gasteiger partial charge on any atom is 0.190 e. The smallest absolute Gasteiger partial charge is 0.190 e. The molecule has 0 spiro atoms. The van der Waals surface area contributed by atoms with Gasteiger partial charge in [-0.25, -0.2) is 0 Å². The topological polar surface area (TPSA) is 52.2 Å². The molecular formula is C17H27IN4. The predicted molar refractivity (Wildman–Crippen MR) is 106 cm³/mol. The summed E-state index contributed by atoms with van der Waals surface area (Å²) in [5.74, 6) is 0.905. The molecule has 0 saturated carbocycles. The summed E-state index contributed by atoms with van der Waals surface area (Å²) in [6.45, 7) is 4.11. The minimum Gasteiger partial charge on any atom is -0.361 e. The standard InChI is InChI=1S/C17H26N4.HI/c1-3-4-11-19-17(18-2)20-12-7-8-14-13-21-16-10-6-5-9-15(14)16;/h5-6,9-10,13,21H,3-4,7-8,11-12H2,1-2H3,(H2,18,19,20);1H. The van der Waals surface area contributed by atoms with Gasteiger partial charge in [0.05, 0.1) is 0 Å². The molecule has 0 unspecified atom stereocenters. The summed E-state index contributed by atoms with van der Waals surface area (Å²) in [6, 6.07) is 8.46. The van der Waals surface area contributed by atoms with Crippen LogP contribution >= 0.6 is 24.0 Å². The van der Waals surface area contributed by atoms with Crippen molar-refractivity contribution >= 4 is 40.8 Å². The molecular weight excluding hydrogens is 387 g/mol. The number of benzene rings is 1. The fraction of sp³-hybridized carbons (Fsp3) is 0.471. The molecule has 4 nitrogen and oxygen atoms in total. The van der Waals surface area contributed by atoms with E-state index in [1.807, 2.05) is 7.05 Å². The first-order chi connectivity index (χ1) is 10.3. The molecule has 0 atom stereocenters. The zero-order valence-corrected chi connectivity index (χ0v) is 15.8. The maximum absolute atomic E-state index is 4.23. The first kappa shape index (κ1) is 18.8. The van der Waals surface area contributed by atoms with Crippen LogP contribution in [0.3, 0.4) is 0 Å². The number of aryl methyl sites for hydroxylation is 1. The highest BCUT2D eigenvalue weighted by Gasteiger charge is 2.02. The zero-order chi connectivity index (χ0) is 14.9. The van der Waals surface area contributed by atoms with Crippen LogP contribution in [0.2, 0.25) is 0 Å². The highest BCUT2D eigenvalue weighted by Crippen LogP contribution is 2.18. The van der Waals surface area contributed by atoms with E-state index in [1.54, 1.807) is 0 Å². The number of H-pyrrole nitrogens is 1. The van der Waals surface area contributed by atoms with Crippen molar-refractivity contribution in [3.05, 3.63) is 36.0 Å². The Kier molecular flexibility index (Phi) is 8.96. The van der Waals surface area contributed by atoms with Gasteiger partial charge in [0.25, 0.3) is 0 Å². The van der Waals surface area contributed by atoms with E-state index < -0.39 is 0 Å². The monoisotopic (exact) mass is 414 g/mol. The molecule has 0 saturated heterocycles. The summed E-state index contributed by atoms with van der Waals surface area (Å²) < 4.78 is 0. The number of hydrogen-bond donors (Lipinski definition) is 3. The lowest BCUT2D eigenvalue weighted by Gasteiger charge is -2.11. The van der Waals surface area contributed by atoms with Gasteiger partial charge in [0.1, 0.15) is 0 Å². The quantitative estimate of drug-likeness (QED) is 0.280. The fourth-order valence-corrected chi connectivity index (χ4v) is 2.43. The van der Waals surface area contributed by atoms with Crippen molar-refractivity contribution < 1.29 is 0 Å². The SMILES string of the molecule is CCCCNC(=NC)NCCCc1c[nH]c2ccccc12.I. The van der Waals surface area contributed by atoms with Crippen molar-refractivity contribution in [3.8, 4) is 0 Å². The molecule has 0 aliphatic heterocycles. The van der Waals surface area contributed by atoms with Gasteiger partial charge in [-0.05, 0) is 30.9 Å². The molecule has 2 rings (SSSR count). The second-order valence-electron chi connectivity index (χ2n) is 5.24. The Bertz CT molecular complexity index is 577. The second-order valence-corrected chi connectivity index (χ2v) is 5.24. The number of para-hydroxylation sites is 1. The van der Waals surface area contributed by atoms with E-state index >= 15 is 0 Å². The van der Waals surface area contributed by atoms with Crippen LogP contribution in [0.1, 0.15) is 31.7 Å². The Hall–Kier alpha value is -1.24. The molecule has 1 aromatic carbocycles. The van der Waals surface area contributed by atoms with Crippen molar-refractivity contribution in [1.29, 1.82) is 0 Å². The van der Waals surface area contributed by atoms with E-state index in [1.165, 1.54) is 29.3 Å². The van der Waals surface area contributed by atoms with E-state index in [9.17, 15) is 0 Å².